The Balaban J connectivity index is 0.000000379. The molecule has 0 saturated heterocycles. The molecule has 3 N–H and O–H groups in total. The van der Waals surface area contributed by atoms with Gasteiger partial charge in [0.25, 0.3) is 0 Å². The molecule has 126 valence electrons. The molecule has 24 heavy (non-hydrogen) atoms. The molecule has 0 aliphatic heterocycles. The van der Waals surface area contributed by atoms with Gasteiger partial charge < -0.3 is 11.1 Å². The van der Waals surface area contributed by atoms with Crippen molar-refractivity contribution >= 4 is 5.91 Å². The molecule has 0 aliphatic carbocycles. The van der Waals surface area contributed by atoms with E-state index in [1.807, 2.05) is 13.1 Å². The zero-order chi connectivity index (χ0) is 18.5. The van der Waals surface area contributed by atoms with E-state index in [1.54, 1.807) is 31.3 Å². The van der Waals surface area contributed by atoms with E-state index < -0.39 is 5.91 Å². The number of primary amides is 1. The minimum absolute atomic E-state index is 0.319. The number of amides is 1. The Labute approximate surface area is 144 Å². The first kappa shape index (κ1) is 20.9. The van der Waals surface area contributed by atoms with Gasteiger partial charge in [-0.2, -0.15) is 5.26 Å². The van der Waals surface area contributed by atoms with Crippen molar-refractivity contribution in [1.82, 2.24) is 5.32 Å². The number of rotatable bonds is 2. The minimum Gasteiger partial charge on any atom is -0.394 e. The first-order valence-corrected chi connectivity index (χ1v) is 7.48. The van der Waals surface area contributed by atoms with Gasteiger partial charge in [0, 0.05) is 7.05 Å². The second kappa shape index (κ2) is 11.5. The first-order chi connectivity index (χ1) is 11.4. The Morgan fingerprint density at radius 3 is 1.96 bits per heavy atom. The number of nitrogens with zero attached hydrogens (tertiary/aromatic N) is 1. The summed E-state index contributed by atoms with van der Waals surface area (Å²) in [6.45, 7) is 9.33. The van der Waals surface area contributed by atoms with Gasteiger partial charge in [-0.05, 0) is 38.6 Å². The van der Waals surface area contributed by atoms with Crippen LogP contribution in [0.2, 0.25) is 0 Å². The topological polar surface area (TPSA) is 78.9 Å². The summed E-state index contributed by atoms with van der Waals surface area (Å²) >= 11 is 0. The van der Waals surface area contributed by atoms with Gasteiger partial charge in [0.2, 0.25) is 5.91 Å². The lowest BCUT2D eigenvalue weighted by Gasteiger charge is -2.01. The molecule has 1 amide bonds. The predicted octanol–water partition coefficient (Wildman–Crippen LogP) is 3.62. The smallest absolute Gasteiger partial charge is 0.250 e. The SMILES string of the molecule is C=CNC.Cc1cccc(C#N)c1C(N)=O.Cc1cccc(C)c1. The highest BCUT2D eigenvalue weighted by atomic mass is 16.1. The average molecular weight is 323 g/mol. The molecule has 0 fully saturated rings. The van der Waals surface area contributed by atoms with Gasteiger partial charge in [0.05, 0.1) is 17.2 Å². The molecule has 0 saturated carbocycles. The zero-order valence-corrected chi connectivity index (χ0v) is 14.8. The van der Waals surface area contributed by atoms with E-state index in [-0.39, 0.29) is 0 Å². The van der Waals surface area contributed by atoms with Crippen LogP contribution in [0.4, 0.5) is 0 Å². The molecule has 0 bridgehead atoms. The number of carbonyl (C=O) groups excluding carboxylic acids is 1. The standard InChI is InChI=1S/C9H8N2O.C8H10.C3H7N/c1-6-3-2-4-7(5-10)8(6)9(11)12;1-7-4-3-5-8(2)6-7;1-3-4-2/h2-4H,1H3,(H2,11,12);3-6H,1-2H3;3-4H,1H2,2H3. The van der Waals surface area contributed by atoms with Crippen LogP contribution in [0.15, 0.2) is 55.2 Å². The summed E-state index contributed by atoms with van der Waals surface area (Å²) in [5.41, 5.74) is 9.17. The third kappa shape index (κ3) is 7.81. The van der Waals surface area contributed by atoms with Crippen LogP contribution in [-0.4, -0.2) is 13.0 Å². The molecule has 0 aliphatic rings. The Kier molecular flexibility index (Phi) is 10.0. The summed E-state index contributed by atoms with van der Waals surface area (Å²) < 4.78 is 0. The van der Waals surface area contributed by atoms with E-state index in [2.05, 4.69) is 50.0 Å². The van der Waals surface area contributed by atoms with Crippen molar-refractivity contribution in [1.29, 1.82) is 5.26 Å². The van der Waals surface area contributed by atoms with Gasteiger partial charge in [-0.3, -0.25) is 4.79 Å². The molecule has 0 atom stereocenters. The Hall–Kier alpha value is -3.06. The third-order valence-corrected chi connectivity index (χ3v) is 3.02. The highest BCUT2D eigenvalue weighted by Crippen LogP contribution is 2.11. The summed E-state index contributed by atoms with van der Waals surface area (Å²) in [6, 6.07) is 15.4. The van der Waals surface area contributed by atoms with Crippen LogP contribution in [0.25, 0.3) is 0 Å². The van der Waals surface area contributed by atoms with Crippen molar-refractivity contribution in [2.24, 2.45) is 5.73 Å². The maximum Gasteiger partial charge on any atom is 0.250 e. The molecule has 0 radical (unpaired) electrons. The number of hydrogen-bond acceptors (Lipinski definition) is 3. The van der Waals surface area contributed by atoms with Crippen molar-refractivity contribution in [2.45, 2.75) is 20.8 Å². The van der Waals surface area contributed by atoms with Gasteiger partial charge in [-0.25, -0.2) is 0 Å². The zero-order valence-electron chi connectivity index (χ0n) is 14.8. The van der Waals surface area contributed by atoms with Gasteiger partial charge in [0.15, 0.2) is 0 Å². The highest BCUT2D eigenvalue weighted by molar-refractivity contribution is 5.96. The molecule has 4 heteroatoms. The fourth-order valence-corrected chi connectivity index (χ4v) is 1.90. The van der Waals surface area contributed by atoms with E-state index in [9.17, 15) is 4.79 Å². The lowest BCUT2D eigenvalue weighted by molar-refractivity contribution is 0.0999. The Morgan fingerprint density at radius 2 is 1.67 bits per heavy atom. The summed E-state index contributed by atoms with van der Waals surface area (Å²) in [5, 5.41) is 11.3. The molecular formula is C20H25N3O. The van der Waals surface area contributed by atoms with Crippen LogP contribution in [0.5, 0.6) is 0 Å². The second-order valence-corrected chi connectivity index (χ2v) is 5.12. The molecule has 0 heterocycles. The molecule has 2 aromatic rings. The van der Waals surface area contributed by atoms with Crippen LogP contribution in [0.3, 0.4) is 0 Å². The van der Waals surface area contributed by atoms with Crippen LogP contribution in [0.1, 0.15) is 32.6 Å². The predicted molar refractivity (Wildman–Crippen MR) is 99.6 cm³/mol. The third-order valence-electron chi connectivity index (χ3n) is 3.02. The fourth-order valence-electron chi connectivity index (χ4n) is 1.90. The quantitative estimate of drug-likeness (QED) is 0.886. The number of nitriles is 1. The molecule has 0 unspecified atom stereocenters. The Morgan fingerprint density at radius 1 is 1.17 bits per heavy atom. The van der Waals surface area contributed by atoms with E-state index in [4.69, 9.17) is 11.0 Å². The number of aryl methyl sites for hydroxylation is 3. The summed E-state index contributed by atoms with van der Waals surface area (Å²) in [7, 11) is 1.81. The monoisotopic (exact) mass is 323 g/mol. The summed E-state index contributed by atoms with van der Waals surface area (Å²) in [6.07, 6.45) is 1.62. The maximum absolute atomic E-state index is 10.9. The maximum atomic E-state index is 10.9. The number of hydrogen-bond donors (Lipinski definition) is 2. The number of carbonyl (C=O) groups is 1. The lowest BCUT2D eigenvalue weighted by Crippen LogP contribution is -2.14. The van der Waals surface area contributed by atoms with Crippen molar-refractivity contribution in [3.05, 3.63) is 83.1 Å². The van der Waals surface area contributed by atoms with E-state index >= 15 is 0 Å². The van der Waals surface area contributed by atoms with E-state index in [0.29, 0.717) is 11.1 Å². The number of nitrogens with one attached hydrogen (secondary N) is 1. The van der Waals surface area contributed by atoms with Crippen molar-refractivity contribution < 1.29 is 4.79 Å². The normalized spacial score (nSPS) is 8.46. The summed E-state index contributed by atoms with van der Waals surface area (Å²) in [5.74, 6) is -0.551. The number of nitrogens with two attached hydrogens (primary N) is 1. The minimum atomic E-state index is -0.551. The van der Waals surface area contributed by atoms with Crippen molar-refractivity contribution in [3.63, 3.8) is 0 Å². The van der Waals surface area contributed by atoms with Gasteiger partial charge in [-0.15, -0.1) is 0 Å². The highest BCUT2D eigenvalue weighted by Gasteiger charge is 2.09. The first-order valence-electron chi connectivity index (χ1n) is 7.48. The van der Waals surface area contributed by atoms with Gasteiger partial charge >= 0.3 is 0 Å². The second-order valence-electron chi connectivity index (χ2n) is 5.12. The van der Waals surface area contributed by atoms with Crippen LogP contribution in [0, 0.1) is 32.1 Å². The molecule has 0 spiro atoms. The summed E-state index contributed by atoms with van der Waals surface area (Å²) in [4.78, 5) is 10.9. The van der Waals surface area contributed by atoms with E-state index in [0.717, 1.165) is 5.56 Å². The molecular weight excluding hydrogens is 298 g/mol. The fraction of sp³-hybridized carbons (Fsp3) is 0.200. The van der Waals surface area contributed by atoms with Crippen molar-refractivity contribution in [3.8, 4) is 6.07 Å². The Bertz CT molecular complexity index is 698. The molecule has 4 nitrogen and oxygen atoms in total. The van der Waals surface area contributed by atoms with Crippen LogP contribution < -0.4 is 11.1 Å². The van der Waals surface area contributed by atoms with Crippen LogP contribution >= 0.6 is 0 Å². The van der Waals surface area contributed by atoms with E-state index in [1.165, 1.54) is 11.1 Å². The van der Waals surface area contributed by atoms with Crippen molar-refractivity contribution in [2.75, 3.05) is 7.05 Å². The largest absolute Gasteiger partial charge is 0.394 e. The molecule has 0 aromatic heterocycles. The van der Waals surface area contributed by atoms with Crippen LogP contribution in [-0.2, 0) is 0 Å². The lowest BCUT2D eigenvalue weighted by atomic mass is 10.0. The average Bonchev–Trinajstić information content (AvgIpc) is 2.54. The van der Waals surface area contributed by atoms with Gasteiger partial charge in [-0.1, -0.05) is 54.1 Å². The van der Waals surface area contributed by atoms with Gasteiger partial charge in [0.1, 0.15) is 0 Å². The number of benzene rings is 2. The molecule has 2 rings (SSSR count). The molecule has 2 aromatic carbocycles.